The number of nitrogens with zero attached hydrogens (tertiary/aromatic N) is 3. The highest BCUT2D eigenvalue weighted by Crippen LogP contribution is 2.42. The maximum absolute atomic E-state index is 12.6. The molecule has 0 aromatic heterocycles. The van der Waals surface area contributed by atoms with Crippen molar-refractivity contribution in [1.29, 1.82) is 0 Å². The van der Waals surface area contributed by atoms with Crippen molar-refractivity contribution in [3.63, 3.8) is 0 Å². The van der Waals surface area contributed by atoms with Gasteiger partial charge in [-0.05, 0) is 36.4 Å². The molecule has 0 spiro atoms. The first-order valence-corrected chi connectivity index (χ1v) is 43.4. The number of hydrogen-bond donors (Lipinski definition) is 1. The van der Waals surface area contributed by atoms with Crippen molar-refractivity contribution in [3.05, 3.63) is 211 Å². The molecule has 18 atom stereocenters. The zero-order valence-corrected chi connectivity index (χ0v) is 64.9. The average Bonchev–Trinajstić information content (AvgIpc) is 0.789. The number of nitro benzene ring substituents is 3. The maximum Gasteiger partial charge on any atom is 0.488 e. The third-order valence-electron chi connectivity index (χ3n) is 16.3. The van der Waals surface area contributed by atoms with E-state index in [0.29, 0.717) is 6.61 Å². The lowest BCUT2D eigenvalue weighted by molar-refractivity contribution is -0.385. The van der Waals surface area contributed by atoms with E-state index in [9.17, 15) is 64.6 Å². The third-order valence-corrected chi connectivity index (χ3v) is 27.3. The number of ether oxygens (including phenoxy) is 12. The molecule has 1 N–H and O–H groups in total. The van der Waals surface area contributed by atoms with Crippen molar-refractivity contribution in [1.82, 2.24) is 0 Å². The highest BCUT2D eigenvalue weighted by atomic mass is 33.4. The van der Waals surface area contributed by atoms with Gasteiger partial charge in [-0.15, -0.1) is 0 Å². The summed E-state index contributed by atoms with van der Waals surface area (Å²) in [6.45, 7) is 6.38. The molecule has 107 heavy (non-hydrogen) atoms. The molecular weight excluding hydrogens is 1620 g/mol. The molecule has 6 aromatic rings. The van der Waals surface area contributed by atoms with Gasteiger partial charge < -0.3 is 74.5 Å². The molecule has 6 aliphatic heterocycles. The van der Waals surface area contributed by atoms with E-state index in [1.165, 1.54) is 39.1 Å². The number of aliphatic hydroxyl groups excluding tert-OH is 1. The molecule has 12 rings (SSSR count). The van der Waals surface area contributed by atoms with Gasteiger partial charge in [0.1, 0.15) is 53.9 Å². The van der Waals surface area contributed by atoms with Crippen LogP contribution in [0.15, 0.2) is 164 Å². The van der Waals surface area contributed by atoms with Gasteiger partial charge >= 0.3 is 31.3 Å². The topological polar surface area (TPSA) is 409 Å². The number of non-ortho nitro benzene ring substituents is 3. The van der Waals surface area contributed by atoms with Crippen molar-refractivity contribution >= 4 is 115 Å². The van der Waals surface area contributed by atoms with E-state index in [0.717, 1.165) is 89.5 Å². The second kappa shape index (κ2) is 41.1. The fourth-order valence-corrected chi connectivity index (χ4v) is 21.6. The largest absolute Gasteiger partial charge is 0.488 e. The summed E-state index contributed by atoms with van der Waals surface area (Å²) in [7, 11) is -2.58. The summed E-state index contributed by atoms with van der Waals surface area (Å²) in [5, 5.41) is 41.9. The Kier molecular flexibility index (Phi) is 33.1. The molecule has 0 radical (unpaired) electrons. The van der Waals surface area contributed by atoms with Crippen LogP contribution in [-0.2, 0) is 163 Å². The second-order valence-electron chi connectivity index (χ2n) is 23.1. The molecule has 33 nitrogen and oxygen atoms in total. The van der Waals surface area contributed by atoms with Crippen molar-refractivity contribution in [2.75, 3.05) is 41.2 Å². The Morgan fingerprint density at radius 2 is 0.720 bits per heavy atom. The monoisotopic (exact) mass is 1690 g/mol. The van der Waals surface area contributed by atoms with Crippen LogP contribution in [0.4, 0.5) is 20.9 Å². The van der Waals surface area contributed by atoms with Crippen molar-refractivity contribution in [2.24, 2.45) is 17.8 Å². The van der Waals surface area contributed by atoms with E-state index in [1.54, 1.807) is 40.5 Å². The SMILES string of the molecule is CO[C@H]1OC2COC(c3ccccc3)O[C@H]2[C@H](C)C1O.CO[C@H]1OC2COC(c3ccccc3)O[C@H]2[C@H](C)C1OS(=O)(=O)Oc1ccc([N+](=O)[O-])cc1.CO[C@H]1OC2COC(c3ccccc3)O[C@H]2[C@H](C)C1OS(=O)(=O)Oc1ccc([N+](=O)[O-])cc1.O=[N+]([O-])c1ccc(OS(=O)(=O)F)cc1.S=S=S=S=S=S=S. The van der Waals surface area contributed by atoms with Gasteiger partial charge in [-0.3, -0.25) is 30.3 Å². The highest BCUT2D eigenvalue weighted by Gasteiger charge is 2.53. The lowest BCUT2D eigenvalue weighted by Gasteiger charge is -2.47. The summed E-state index contributed by atoms with van der Waals surface area (Å²) >= 11 is 9.14. The molecule has 6 fully saturated rings. The number of halogens is 1. The molecule has 0 bridgehead atoms. The maximum atomic E-state index is 12.6. The summed E-state index contributed by atoms with van der Waals surface area (Å²) in [6.07, 6.45) is -9.61. The van der Waals surface area contributed by atoms with Gasteiger partial charge in [-0.2, -0.15) is 25.3 Å². The molecule has 0 saturated carbocycles. The fourth-order valence-electron chi connectivity index (χ4n) is 11.2. The number of hydrogen-bond acceptors (Lipinski definition) is 32. The lowest BCUT2D eigenvalue weighted by Crippen LogP contribution is -2.59. The summed E-state index contributed by atoms with van der Waals surface area (Å²) in [5.74, 6) is -1.61. The van der Waals surface area contributed by atoms with Gasteiger partial charge in [-0.25, -0.2) is 8.37 Å². The minimum absolute atomic E-state index is 0.0752. The Morgan fingerprint density at radius 1 is 0.430 bits per heavy atom. The molecule has 6 aromatic carbocycles. The Hall–Kier alpha value is -6.36. The van der Waals surface area contributed by atoms with Crippen molar-refractivity contribution < 1.29 is 127 Å². The average molecular weight is 1690 g/mol. The molecule has 0 aliphatic carbocycles. The molecule has 44 heteroatoms. The third kappa shape index (κ3) is 25.3. The Labute approximate surface area is 637 Å². The van der Waals surface area contributed by atoms with E-state index in [2.05, 4.69) is 26.6 Å². The summed E-state index contributed by atoms with van der Waals surface area (Å²) < 4.78 is 175. The number of fused-ring (bicyclic) bond motifs is 3. The number of benzene rings is 6. The quantitative estimate of drug-likeness (QED) is 0.0454. The predicted molar refractivity (Wildman–Crippen MR) is 391 cm³/mol. The smallest absolute Gasteiger partial charge is 0.387 e. The summed E-state index contributed by atoms with van der Waals surface area (Å²) in [4.78, 5) is 29.8. The summed E-state index contributed by atoms with van der Waals surface area (Å²) in [5.41, 5.74) is 1.97. The zero-order chi connectivity index (χ0) is 77.6. The van der Waals surface area contributed by atoms with E-state index in [4.69, 9.17) is 73.6 Å². The highest BCUT2D eigenvalue weighted by molar-refractivity contribution is 8.68. The van der Waals surface area contributed by atoms with Crippen LogP contribution in [-0.4, -0.2) is 160 Å². The van der Waals surface area contributed by atoms with Crippen molar-refractivity contribution in [3.8, 4) is 17.2 Å². The van der Waals surface area contributed by atoms with Crippen molar-refractivity contribution in [2.45, 2.75) is 113 Å². The first kappa shape index (κ1) is 86.2. The van der Waals surface area contributed by atoms with Gasteiger partial charge in [0.15, 0.2) is 37.7 Å². The summed E-state index contributed by atoms with van der Waals surface area (Å²) in [6, 6.07) is 41.6. The minimum atomic E-state index is -5.08. The number of aliphatic hydroxyl groups is 1. The molecular formula is C63H70FN3O30S10. The zero-order valence-electron chi connectivity index (χ0n) is 56.7. The van der Waals surface area contributed by atoms with Crippen LogP contribution < -0.4 is 12.5 Å². The molecule has 584 valence electrons. The Balaban J connectivity index is 0.000000182. The van der Waals surface area contributed by atoms with Crippen LogP contribution in [0.2, 0.25) is 0 Å². The van der Waals surface area contributed by atoms with Gasteiger partial charge in [-0.1, -0.05) is 116 Å². The molecule has 6 saturated heterocycles. The van der Waals surface area contributed by atoms with Gasteiger partial charge in [0.05, 0.1) is 52.9 Å². The van der Waals surface area contributed by atoms with Crippen LogP contribution >= 0.6 is 0 Å². The normalized spacial score (nSPS) is 27.9. The van der Waals surface area contributed by atoms with Crippen LogP contribution in [0.25, 0.3) is 0 Å². The van der Waals surface area contributed by atoms with E-state index in [1.807, 2.05) is 97.9 Å². The molecule has 9 unspecified atom stereocenters. The van der Waals surface area contributed by atoms with Crippen LogP contribution in [0.1, 0.15) is 56.3 Å². The van der Waals surface area contributed by atoms with Crippen LogP contribution in [0.5, 0.6) is 17.2 Å². The number of rotatable bonds is 19. The second-order valence-corrected chi connectivity index (χ2v) is 35.3. The first-order valence-electron chi connectivity index (χ1n) is 31.4. The van der Waals surface area contributed by atoms with E-state index < -0.39 is 138 Å². The number of methoxy groups -OCH3 is 3. The Morgan fingerprint density at radius 3 is 1.00 bits per heavy atom. The molecule has 6 heterocycles. The minimum Gasteiger partial charge on any atom is -0.387 e. The molecule has 0 amide bonds. The number of nitro groups is 3. The van der Waals surface area contributed by atoms with Gasteiger partial charge in [0.2, 0.25) is 0 Å². The first-order chi connectivity index (χ1) is 51.0. The fraction of sp³-hybridized carbons (Fsp3) is 0.429. The lowest BCUT2D eigenvalue weighted by atomic mass is 9.90. The van der Waals surface area contributed by atoms with Gasteiger partial charge in [0.25, 0.3) is 17.1 Å². The predicted octanol–water partition coefficient (Wildman–Crippen LogP) is 8.09. The van der Waals surface area contributed by atoms with Crippen LogP contribution in [0, 0.1) is 48.1 Å². The molecule has 6 aliphatic rings. The van der Waals surface area contributed by atoms with Crippen LogP contribution in [0.3, 0.4) is 0 Å². The van der Waals surface area contributed by atoms with Gasteiger partial charge in [0, 0.05) is 159 Å². The standard InChI is InChI=1S/2C21H23NO10S.C15H20O5.C6H4FNO5S.S7/c2*1-13-18-17(12-28-20(30-18)14-6-4-3-5-7-14)29-21(27-2)19(13)32-33(25,26)31-16-10-8-15(9-11-16)22(23)24;1-9-12(16)15(17-2)19-11-8-18-14(20-13(9)11)10-6-4-3-5-7-10;7-14(11,12)13-6-3-1-5(2-4-6)8(9)10;1-3-5-7-6-4-2/h2*3-11,13,17-21H,12H2,1-2H3;3-7,9,11-16H,8H2,1-2H3;1-4H;/t2*13-,17?,18-,19?,20?,21-;9-,11?,12?,13+,14?,15+;;/m001../s1. The Bertz CT molecular complexity index is 4290. The van der Waals surface area contributed by atoms with E-state index >= 15 is 0 Å². The van der Waals surface area contributed by atoms with E-state index in [-0.39, 0.29) is 65.7 Å².